The fourth-order valence-corrected chi connectivity index (χ4v) is 4.30. The summed E-state index contributed by atoms with van der Waals surface area (Å²) in [5.41, 5.74) is 0.214. The summed E-state index contributed by atoms with van der Waals surface area (Å²) in [6.45, 7) is 2.93. The zero-order chi connectivity index (χ0) is 24.1. The average Bonchev–Trinajstić information content (AvgIpc) is 3.52. The summed E-state index contributed by atoms with van der Waals surface area (Å²) in [6, 6.07) is 6.22. The standard InChI is InChI=1S/C24H27N3O6S/c1-3-27-13-17(22(28)16-11-20-21(12-19(16)27)33-14-32-20)23(29)26-18(7-10-34-2)24(30)25-8-6-15-5-4-9-31-15/h4-5,9,11-13,18H,3,6-8,10,14H2,1-2H3,(H,25,30)(H,26,29)/t18-/m0/s1. The molecule has 2 aromatic heterocycles. The van der Waals surface area contributed by atoms with Crippen molar-refractivity contribution in [2.75, 3.05) is 25.3 Å². The van der Waals surface area contributed by atoms with E-state index in [0.717, 1.165) is 5.76 Å². The molecule has 0 fully saturated rings. The first-order valence-corrected chi connectivity index (χ1v) is 12.5. The molecule has 0 saturated heterocycles. The van der Waals surface area contributed by atoms with Crippen LogP contribution in [0.25, 0.3) is 10.9 Å². The molecule has 3 aromatic rings. The molecule has 0 saturated carbocycles. The zero-order valence-electron chi connectivity index (χ0n) is 19.1. The maximum Gasteiger partial charge on any atom is 0.257 e. The molecule has 0 bridgehead atoms. The van der Waals surface area contributed by atoms with Crippen molar-refractivity contribution < 1.29 is 23.5 Å². The lowest BCUT2D eigenvalue weighted by molar-refractivity contribution is -0.123. The van der Waals surface area contributed by atoms with Crippen LogP contribution >= 0.6 is 11.8 Å². The third-order valence-electron chi connectivity index (χ3n) is 5.64. The van der Waals surface area contributed by atoms with Crippen molar-refractivity contribution in [2.24, 2.45) is 0 Å². The van der Waals surface area contributed by atoms with E-state index in [1.807, 2.05) is 23.8 Å². The number of furan rings is 1. The second kappa shape index (κ2) is 10.7. The number of nitrogens with zero attached hydrogens (tertiary/aromatic N) is 1. The lowest BCUT2D eigenvalue weighted by Crippen LogP contribution is -2.48. The Labute approximate surface area is 200 Å². The smallest absolute Gasteiger partial charge is 0.257 e. The van der Waals surface area contributed by atoms with Crippen LogP contribution in [0.15, 0.2) is 45.9 Å². The molecule has 1 aliphatic rings. The Bertz CT molecular complexity index is 1240. The van der Waals surface area contributed by atoms with Gasteiger partial charge in [-0.15, -0.1) is 0 Å². The summed E-state index contributed by atoms with van der Waals surface area (Å²) in [5, 5.41) is 5.97. The number of hydrogen-bond acceptors (Lipinski definition) is 7. The minimum Gasteiger partial charge on any atom is -0.469 e. The van der Waals surface area contributed by atoms with E-state index < -0.39 is 17.4 Å². The lowest BCUT2D eigenvalue weighted by atomic mass is 10.1. The van der Waals surface area contributed by atoms with E-state index in [4.69, 9.17) is 13.9 Å². The molecule has 1 aliphatic heterocycles. The third kappa shape index (κ3) is 5.06. The van der Waals surface area contributed by atoms with E-state index in [2.05, 4.69) is 10.6 Å². The SMILES string of the molecule is CCn1cc(C(=O)N[C@@H](CCSC)C(=O)NCCc2ccco2)c(=O)c2cc3c(cc21)OCO3. The molecule has 0 unspecified atom stereocenters. The molecule has 2 N–H and O–H groups in total. The van der Waals surface area contributed by atoms with Crippen molar-refractivity contribution in [3.05, 3.63) is 58.3 Å². The number of carbonyl (C=O) groups excluding carboxylic acids is 2. The molecule has 9 nitrogen and oxygen atoms in total. The number of aromatic nitrogens is 1. The molecule has 3 heterocycles. The van der Waals surface area contributed by atoms with Crippen LogP contribution in [0.3, 0.4) is 0 Å². The fraction of sp³-hybridized carbons (Fsp3) is 0.375. The maximum atomic E-state index is 13.2. The number of pyridine rings is 1. The monoisotopic (exact) mass is 485 g/mol. The van der Waals surface area contributed by atoms with Gasteiger partial charge >= 0.3 is 0 Å². The summed E-state index contributed by atoms with van der Waals surface area (Å²) in [6.07, 6.45) is 6.03. The Morgan fingerprint density at radius 3 is 2.74 bits per heavy atom. The van der Waals surface area contributed by atoms with Crippen molar-refractivity contribution in [1.82, 2.24) is 15.2 Å². The van der Waals surface area contributed by atoms with Crippen LogP contribution in [-0.2, 0) is 17.8 Å². The van der Waals surface area contributed by atoms with E-state index in [1.165, 1.54) is 6.20 Å². The number of hydrogen-bond donors (Lipinski definition) is 2. The van der Waals surface area contributed by atoms with E-state index in [9.17, 15) is 14.4 Å². The number of benzene rings is 1. The highest BCUT2D eigenvalue weighted by Gasteiger charge is 2.25. The predicted octanol–water partition coefficient (Wildman–Crippen LogP) is 2.55. The van der Waals surface area contributed by atoms with Gasteiger partial charge in [-0.25, -0.2) is 0 Å². The van der Waals surface area contributed by atoms with Crippen LogP contribution in [0.4, 0.5) is 0 Å². The fourth-order valence-electron chi connectivity index (χ4n) is 3.83. The molecule has 180 valence electrons. The number of amides is 2. The van der Waals surface area contributed by atoms with E-state index in [1.54, 1.807) is 36.2 Å². The van der Waals surface area contributed by atoms with Gasteiger partial charge in [-0.05, 0) is 43.6 Å². The quantitative estimate of drug-likeness (QED) is 0.454. The summed E-state index contributed by atoms with van der Waals surface area (Å²) in [7, 11) is 0. The van der Waals surface area contributed by atoms with Gasteiger partial charge in [0, 0.05) is 31.8 Å². The van der Waals surface area contributed by atoms with E-state index in [-0.39, 0.29) is 18.3 Å². The number of rotatable bonds is 10. The molecule has 0 spiro atoms. The summed E-state index contributed by atoms with van der Waals surface area (Å²) >= 11 is 1.58. The number of aryl methyl sites for hydroxylation is 1. The number of nitrogens with one attached hydrogen (secondary N) is 2. The van der Waals surface area contributed by atoms with Crippen LogP contribution in [0.2, 0.25) is 0 Å². The van der Waals surface area contributed by atoms with Gasteiger partial charge in [0.2, 0.25) is 18.1 Å². The molecular weight excluding hydrogens is 458 g/mol. The molecule has 0 radical (unpaired) electrons. The van der Waals surface area contributed by atoms with Gasteiger partial charge in [-0.2, -0.15) is 11.8 Å². The predicted molar refractivity (Wildman–Crippen MR) is 130 cm³/mol. The zero-order valence-corrected chi connectivity index (χ0v) is 19.9. The molecule has 1 atom stereocenters. The van der Waals surface area contributed by atoms with Crippen molar-refractivity contribution >= 4 is 34.5 Å². The summed E-state index contributed by atoms with van der Waals surface area (Å²) in [5.74, 6) is 1.60. The molecule has 0 aliphatic carbocycles. The van der Waals surface area contributed by atoms with Crippen molar-refractivity contribution in [2.45, 2.75) is 32.4 Å². The van der Waals surface area contributed by atoms with Gasteiger partial charge in [0.05, 0.1) is 17.2 Å². The Morgan fingerprint density at radius 1 is 1.24 bits per heavy atom. The molecule has 4 rings (SSSR count). The highest BCUT2D eigenvalue weighted by atomic mass is 32.2. The third-order valence-corrected chi connectivity index (χ3v) is 6.29. The second-order valence-electron chi connectivity index (χ2n) is 7.81. The van der Waals surface area contributed by atoms with Crippen molar-refractivity contribution in [1.29, 1.82) is 0 Å². The molecule has 1 aromatic carbocycles. The Balaban J connectivity index is 1.55. The van der Waals surface area contributed by atoms with Gasteiger partial charge in [0.15, 0.2) is 11.5 Å². The minimum absolute atomic E-state index is 0.0225. The van der Waals surface area contributed by atoms with E-state index in [0.29, 0.717) is 54.1 Å². The normalized spacial score (nSPS) is 13.1. The van der Waals surface area contributed by atoms with Gasteiger partial charge in [-0.3, -0.25) is 14.4 Å². The topological polar surface area (TPSA) is 112 Å². The van der Waals surface area contributed by atoms with Crippen LogP contribution < -0.4 is 25.5 Å². The van der Waals surface area contributed by atoms with E-state index >= 15 is 0 Å². The molecule has 34 heavy (non-hydrogen) atoms. The van der Waals surface area contributed by atoms with Gasteiger partial charge in [0.25, 0.3) is 5.91 Å². The van der Waals surface area contributed by atoms with Gasteiger partial charge in [-0.1, -0.05) is 0 Å². The Hall–Kier alpha value is -3.40. The first kappa shape index (κ1) is 23.7. The first-order chi connectivity index (χ1) is 16.5. The largest absolute Gasteiger partial charge is 0.469 e. The van der Waals surface area contributed by atoms with Crippen molar-refractivity contribution in [3.8, 4) is 11.5 Å². The molecule has 2 amide bonds. The van der Waals surface area contributed by atoms with Gasteiger partial charge in [0.1, 0.15) is 17.4 Å². The average molecular weight is 486 g/mol. The number of thioether (sulfide) groups is 1. The molecular formula is C24H27N3O6S. The maximum absolute atomic E-state index is 13.2. The number of fused-ring (bicyclic) bond motifs is 2. The van der Waals surface area contributed by atoms with Gasteiger partial charge < -0.3 is 29.1 Å². The number of ether oxygens (including phenoxy) is 2. The van der Waals surface area contributed by atoms with Crippen LogP contribution in [0.1, 0.15) is 29.5 Å². The summed E-state index contributed by atoms with van der Waals surface area (Å²) < 4.78 is 17.9. The minimum atomic E-state index is -0.765. The van der Waals surface area contributed by atoms with Crippen molar-refractivity contribution in [3.63, 3.8) is 0 Å². The lowest BCUT2D eigenvalue weighted by Gasteiger charge is -2.19. The van der Waals surface area contributed by atoms with Crippen LogP contribution in [0.5, 0.6) is 11.5 Å². The Morgan fingerprint density at radius 2 is 2.03 bits per heavy atom. The first-order valence-electron chi connectivity index (χ1n) is 11.1. The highest BCUT2D eigenvalue weighted by molar-refractivity contribution is 7.98. The summed E-state index contributed by atoms with van der Waals surface area (Å²) in [4.78, 5) is 39.2. The second-order valence-corrected chi connectivity index (χ2v) is 8.79. The highest BCUT2D eigenvalue weighted by Crippen LogP contribution is 2.35. The Kier molecular flexibility index (Phi) is 7.46. The van der Waals surface area contributed by atoms with Crippen LogP contribution in [-0.4, -0.2) is 47.8 Å². The van der Waals surface area contributed by atoms with Crippen LogP contribution in [0, 0.1) is 0 Å². The molecule has 10 heteroatoms. The number of carbonyl (C=O) groups is 2.